The molecule has 3 nitrogen and oxygen atoms in total. The minimum atomic E-state index is -0.357. The SMILES string of the molecule is CCc1ccc(C2=N[C@](C)(CC(C)C)N[C@@H](c3cc(Br)ccc3O)C2)cc1. The highest BCUT2D eigenvalue weighted by atomic mass is 79.9. The van der Waals surface area contributed by atoms with Crippen molar-refractivity contribution in [1.29, 1.82) is 0 Å². The molecule has 0 bridgehead atoms. The van der Waals surface area contributed by atoms with Gasteiger partial charge in [-0.1, -0.05) is 61.0 Å². The molecule has 3 rings (SSSR count). The summed E-state index contributed by atoms with van der Waals surface area (Å²) in [7, 11) is 0. The molecule has 2 N–H and O–H groups in total. The average Bonchev–Trinajstić information content (AvgIpc) is 2.62. The molecule has 0 radical (unpaired) electrons. The molecule has 2 aromatic rings. The third kappa shape index (κ3) is 4.80. The topological polar surface area (TPSA) is 44.6 Å². The normalized spacial score (nSPS) is 22.7. The smallest absolute Gasteiger partial charge is 0.120 e. The first kappa shape index (κ1) is 20.1. The zero-order chi connectivity index (χ0) is 19.6. The highest BCUT2D eigenvalue weighted by Crippen LogP contribution is 2.36. The van der Waals surface area contributed by atoms with E-state index in [4.69, 9.17) is 4.99 Å². The number of nitrogens with zero attached hydrogens (tertiary/aromatic N) is 1. The Morgan fingerprint density at radius 3 is 2.56 bits per heavy atom. The Labute approximate surface area is 171 Å². The van der Waals surface area contributed by atoms with E-state index in [9.17, 15) is 5.11 Å². The van der Waals surface area contributed by atoms with Crippen LogP contribution in [-0.2, 0) is 6.42 Å². The Balaban J connectivity index is 2.01. The second-order valence-corrected chi connectivity index (χ2v) is 9.00. The van der Waals surface area contributed by atoms with Gasteiger partial charge in [0, 0.05) is 28.2 Å². The van der Waals surface area contributed by atoms with Crippen molar-refractivity contribution in [2.45, 2.75) is 58.7 Å². The first-order chi connectivity index (χ1) is 12.8. The standard InChI is InChI=1S/C23H29BrN2O/c1-5-16-6-8-17(9-7-16)20-13-21(19-12-18(24)10-11-22(19)27)26-23(4,25-20)14-15(2)3/h6-12,15,21,26-27H,5,13-14H2,1-4H3/t21-,23+/m1/s1. The summed E-state index contributed by atoms with van der Waals surface area (Å²) >= 11 is 3.54. The lowest BCUT2D eigenvalue weighted by Gasteiger charge is -2.39. The van der Waals surface area contributed by atoms with E-state index in [0.717, 1.165) is 35.0 Å². The maximum atomic E-state index is 10.5. The fraction of sp³-hybridized carbons (Fsp3) is 0.435. The molecule has 0 fully saturated rings. The van der Waals surface area contributed by atoms with Crippen LogP contribution in [-0.4, -0.2) is 16.5 Å². The molecule has 0 saturated heterocycles. The lowest BCUT2D eigenvalue weighted by molar-refractivity contribution is 0.257. The van der Waals surface area contributed by atoms with Crippen molar-refractivity contribution in [2.75, 3.05) is 0 Å². The summed E-state index contributed by atoms with van der Waals surface area (Å²) in [6.45, 7) is 8.77. The van der Waals surface area contributed by atoms with Crippen LogP contribution in [0.2, 0.25) is 0 Å². The van der Waals surface area contributed by atoms with Crippen molar-refractivity contribution < 1.29 is 5.11 Å². The minimum absolute atomic E-state index is 0.0181. The first-order valence-corrected chi connectivity index (χ1v) is 10.5. The van der Waals surface area contributed by atoms with Crippen LogP contribution in [0.25, 0.3) is 0 Å². The first-order valence-electron chi connectivity index (χ1n) is 9.74. The molecule has 1 heterocycles. The van der Waals surface area contributed by atoms with Gasteiger partial charge in [0.05, 0.1) is 0 Å². The van der Waals surface area contributed by atoms with Gasteiger partial charge in [-0.05, 0) is 55.0 Å². The summed E-state index contributed by atoms with van der Waals surface area (Å²) < 4.78 is 0.971. The van der Waals surface area contributed by atoms with Gasteiger partial charge in [-0.3, -0.25) is 10.3 Å². The Hall–Kier alpha value is -1.65. The quantitative estimate of drug-likeness (QED) is 0.612. The molecule has 1 aliphatic heterocycles. The number of phenols is 1. The van der Waals surface area contributed by atoms with Crippen LogP contribution in [0.1, 0.15) is 63.3 Å². The predicted molar refractivity (Wildman–Crippen MR) is 117 cm³/mol. The van der Waals surface area contributed by atoms with E-state index >= 15 is 0 Å². The molecule has 27 heavy (non-hydrogen) atoms. The third-order valence-electron chi connectivity index (χ3n) is 5.13. The number of rotatable bonds is 5. The number of hydrogen-bond acceptors (Lipinski definition) is 3. The Morgan fingerprint density at radius 1 is 1.22 bits per heavy atom. The van der Waals surface area contributed by atoms with Crippen molar-refractivity contribution in [1.82, 2.24) is 5.32 Å². The molecule has 0 unspecified atom stereocenters. The summed E-state index contributed by atoms with van der Waals surface area (Å²) in [5, 5.41) is 14.2. The van der Waals surface area contributed by atoms with Crippen LogP contribution in [0.5, 0.6) is 5.75 Å². The molecule has 4 heteroatoms. The maximum absolute atomic E-state index is 10.5. The highest BCUT2D eigenvalue weighted by Gasteiger charge is 2.35. The van der Waals surface area contributed by atoms with Crippen LogP contribution in [0, 0.1) is 5.92 Å². The monoisotopic (exact) mass is 428 g/mol. The van der Waals surface area contributed by atoms with Gasteiger partial charge in [0.2, 0.25) is 0 Å². The second kappa shape index (κ2) is 8.15. The molecule has 2 atom stereocenters. The molecule has 0 spiro atoms. The van der Waals surface area contributed by atoms with Crippen molar-refractivity contribution >= 4 is 21.6 Å². The van der Waals surface area contributed by atoms with Crippen LogP contribution in [0.3, 0.4) is 0 Å². The van der Waals surface area contributed by atoms with E-state index < -0.39 is 0 Å². The summed E-state index contributed by atoms with van der Waals surface area (Å²) in [5.74, 6) is 0.843. The van der Waals surface area contributed by atoms with E-state index in [-0.39, 0.29) is 11.7 Å². The van der Waals surface area contributed by atoms with Gasteiger partial charge in [-0.25, -0.2) is 0 Å². The minimum Gasteiger partial charge on any atom is -0.508 e. The largest absolute Gasteiger partial charge is 0.508 e. The number of aromatic hydroxyl groups is 1. The highest BCUT2D eigenvalue weighted by molar-refractivity contribution is 9.10. The Bertz CT molecular complexity index is 829. The van der Waals surface area contributed by atoms with Crippen molar-refractivity contribution in [3.8, 4) is 5.75 Å². The Morgan fingerprint density at radius 2 is 1.93 bits per heavy atom. The zero-order valence-electron chi connectivity index (χ0n) is 16.6. The summed E-state index contributed by atoms with van der Waals surface area (Å²) in [5.41, 5.74) is 4.16. The number of halogens is 1. The van der Waals surface area contributed by atoms with Gasteiger partial charge >= 0.3 is 0 Å². The fourth-order valence-corrected chi connectivity index (χ4v) is 4.38. The molecule has 0 aliphatic carbocycles. The van der Waals surface area contributed by atoms with E-state index in [1.807, 2.05) is 12.1 Å². The van der Waals surface area contributed by atoms with Gasteiger partial charge < -0.3 is 5.11 Å². The van der Waals surface area contributed by atoms with E-state index in [1.54, 1.807) is 6.07 Å². The Kier molecular flexibility index (Phi) is 6.07. The van der Waals surface area contributed by atoms with Gasteiger partial charge in [-0.2, -0.15) is 0 Å². The zero-order valence-corrected chi connectivity index (χ0v) is 18.2. The van der Waals surface area contributed by atoms with Crippen LogP contribution in [0.15, 0.2) is 51.9 Å². The molecule has 1 aliphatic rings. The molecular formula is C23H29BrN2O. The molecular weight excluding hydrogens is 400 g/mol. The molecule has 2 aromatic carbocycles. The van der Waals surface area contributed by atoms with E-state index in [2.05, 4.69) is 73.2 Å². The maximum Gasteiger partial charge on any atom is 0.120 e. The van der Waals surface area contributed by atoms with Gasteiger partial charge in [-0.15, -0.1) is 0 Å². The van der Waals surface area contributed by atoms with Crippen LogP contribution < -0.4 is 5.32 Å². The number of aliphatic imine (C=N–C) groups is 1. The number of benzene rings is 2. The fourth-order valence-electron chi connectivity index (χ4n) is 4.00. The van der Waals surface area contributed by atoms with Crippen molar-refractivity contribution in [3.63, 3.8) is 0 Å². The van der Waals surface area contributed by atoms with Crippen molar-refractivity contribution in [2.24, 2.45) is 10.9 Å². The summed E-state index contributed by atoms with van der Waals surface area (Å²) in [6, 6.07) is 14.4. The third-order valence-corrected chi connectivity index (χ3v) is 5.62. The number of hydrogen-bond donors (Lipinski definition) is 2. The van der Waals surface area contributed by atoms with Crippen LogP contribution in [0.4, 0.5) is 0 Å². The average molecular weight is 429 g/mol. The number of phenolic OH excluding ortho intramolecular Hbond substituents is 1. The number of aryl methyl sites for hydroxylation is 1. The van der Waals surface area contributed by atoms with Gasteiger partial charge in [0.15, 0.2) is 0 Å². The molecule has 144 valence electrons. The summed E-state index contributed by atoms with van der Waals surface area (Å²) in [4.78, 5) is 5.12. The van der Waals surface area contributed by atoms with E-state index in [0.29, 0.717) is 11.7 Å². The molecule has 0 saturated carbocycles. The van der Waals surface area contributed by atoms with Crippen LogP contribution >= 0.6 is 15.9 Å². The second-order valence-electron chi connectivity index (χ2n) is 8.08. The molecule has 0 aromatic heterocycles. The van der Waals surface area contributed by atoms with E-state index in [1.165, 1.54) is 11.1 Å². The lowest BCUT2D eigenvalue weighted by atomic mass is 9.89. The lowest BCUT2D eigenvalue weighted by Crippen LogP contribution is -2.48. The predicted octanol–water partition coefficient (Wildman–Crippen LogP) is 6.00. The van der Waals surface area contributed by atoms with Crippen molar-refractivity contribution in [3.05, 3.63) is 63.6 Å². The number of nitrogens with one attached hydrogen (secondary N) is 1. The molecule has 0 amide bonds. The van der Waals surface area contributed by atoms with Gasteiger partial charge in [0.1, 0.15) is 11.4 Å². The summed E-state index contributed by atoms with van der Waals surface area (Å²) in [6.07, 6.45) is 2.73. The van der Waals surface area contributed by atoms with Gasteiger partial charge in [0.25, 0.3) is 0 Å².